The van der Waals surface area contributed by atoms with Gasteiger partial charge in [0.05, 0.1) is 5.02 Å². The number of unbranched alkanes of at least 4 members (excludes halogenated alkanes) is 1. The highest BCUT2D eigenvalue weighted by Crippen LogP contribution is 2.30. The van der Waals surface area contributed by atoms with E-state index in [0.29, 0.717) is 43.1 Å². The van der Waals surface area contributed by atoms with Crippen molar-refractivity contribution in [2.45, 2.75) is 31.8 Å². The number of benzene rings is 2. The summed E-state index contributed by atoms with van der Waals surface area (Å²) in [5.74, 6) is -0.131. The monoisotopic (exact) mass is 468 g/mol. The van der Waals surface area contributed by atoms with Gasteiger partial charge >= 0.3 is 0 Å². The zero-order valence-electron chi connectivity index (χ0n) is 16.8. The molecule has 2 N–H and O–H groups in total. The molecule has 0 spiro atoms. The molecule has 2 aromatic rings. The Morgan fingerprint density at radius 1 is 1.10 bits per heavy atom. The van der Waals surface area contributed by atoms with Crippen LogP contribution in [0.15, 0.2) is 36.4 Å². The third-order valence-electron chi connectivity index (χ3n) is 4.75. The van der Waals surface area contributed by atoms with Crippen LogP contribution in [0.25, 0.3) is 0 Å². The largest absolute Gasteiger partial charge is 0.484 e. The first-order chi connectivity index (χ1) is 14.9. The average Bonchev–Trinajstić information content (AvgIpc) is 2.76. The van der Waals surface area contributed by atoms with Crippen LogP contribution in [0.5, 0.6) is 11.5 Å². The lowest BCUT2D eigenvalue weighted by Crippen LogP contribution is -2.40. The second-order valence-corrected chi connectivity index (χ2v) is 7.95. The Morgan fingerprint density at radius 2 is 1.87 bits per heavy atom. The van der Waals surface area contributed by atoms with E-state index < -0.39 is 11.9 Å². The van der Waals surface area contributed by atoms with Crippen molar-refractivity contribution in [3.63, 3.8) is 0 Å². The summed E-state index contributed by atoms with van der Waals surface area (Å²) in [6.45, 7) is 0.715. The molecule has 0 aromatic heterocycles. The summed E-state index contributed by atoms with van der Waals surface area (Å²) >= 11 is 11.6. The summed E-state index contributed by atoms with van der Waals surface area (Å²) in [5.41, 5.74) is 1.01. The van der Waals surface area contributed by atoms with E-state index in [0.717, 1.165) is 18.1 Å². The number of amides is 2. The van der Waals surface area contributed by atoms with Crippen molar-refractivity contribution in [3.8, 4) is 11.5 Å². The fourth-order valence-electron chi connectivity index (χ4n) is 3.11. The molecule has 1 heterocycles. The Kier molecular flexibility index (Phi) is 8.37. The van der Waals surface area contributed by atoms with E-state index in [4.69, 9.17) is 32.7 Å². The minimum atomic E-state index is -0.603. The molecule has 0 aliphatic carbocycles. The van der Waals surface area contributed by atoms with Crippen molar-refractivity contribution in [2.75, 3.05) is 19.7 Å². The summed E-state index contributed by atoms with van der Waals surface area (Å²) in [6, 6.07) is 9.37. The number of aryl methyl sites for hydroxylation is 1. The van der Waals surface area contributed by atoms with Gasteiger partial charge in [0, 0.05) is 24.2 Å². The standard InChI is InChI=1S/C22H23Cl2FN2O4/c23-15-4-8-19-14(11-15)3-7-20(31-19)22(29)27-10-2-1-9-26-21(28)13-30-16-5-6-17(24)18(25)12-16/h4-6,8,11-12,20H,1-3,7,9-10,13H2,(H,26,28)(H,27,29)/t20-/m1/s1. The number of hydrogen-bond acceptors (Lipinski definition) is 4. The molecular formula is C22H23Cl2FN2O4. The first kappa shape index (κ1) is 23.2. The molecule has 0 fully saturated rings. The van der Waals surface area contributed by atoms with Crippen LogP contribution in [0.3, 0.4) is 0 Å². The van der Waals surface area contributed by atoms with Crippen molar-refractivity contribution in [1.29, 1.82) is 0 Å². The molecule has 0 radical (unpaired) electrons. The molecule has 1 aliphatic heterocycles. The van der Waals surface area contributed by atoms with E-state index in [1.165, 1.54) is 12.1 Å². The van der Waals surface area contributed by atoms with Gasteiger partial charge in [0.15, 0.2) is 12.7 Å². The molecule has 1 aliphatic rings. The summed E-state index contributed by atoms with van der Waals surface area (Å²) in [5, 5.41) is 6.23. The highest BCUT2D eigenvalue weighted by Gasteiger charge is 2.25. The number of carbonyl (C=O) groups is 2. The summed E-state index contributed by atoms with van der Waals surface area (Å²) in [7, 11) is 0. The van der Waals surface area contributed by atoms with Gasteiger partial charge in [-0.05, 0) is 61.6 Å². The lowest BCUT2D eigenvalue weighted by molar-refractivity contribution is -0.128. The second kappa shape index (κ2) is 11.2. The Hall–Kier alpha value is -2.51. The molecule has 2 aromatic carbocycles. The third kappa shape index (κ3) is 7.01. The number of fused-ring (bicyclic) bond motifs is 1. The smallest absolute Gasteiger partial charge is 0.261 e. The highest BCUT2D eigenvalue weighted by molar-refractivity contribution is 6.31. The van der Waals surface area contributed by atoms with Gasteiger partial charge in [-0.2, -0.15) is 0 Å². The maximum atomic E-state index is 13.3. The number of halogens is 3. The van der Waals surface area contributed by atoms with E-state index in [1.54, 1.807) is 12.1 Å². The number of ether oxygens (including phenoxy) is 2. The van der Waals surface area contributed by atoms with Crippen molar-refractivity contribution < 1.29 is 23.5 Å². The normalized spacial score (nSPS) is 14.9. The fourth-order valence-corrected chi connectivity index (χ4v) is 3.42. The molecule has 0 saturated carbocycles. The second-order valence-electron chi connectivity index (χ2n) is 7.11. The number of carbonyl (C=O) groups excluding carboxylic acids is 2. The van der Waals surface area contributed by atoms with Gasteiger partial charge in [-0.25, -0.2) is 4.39 Å². The van der Waals surface area contributed by atoms with Crippen LogP contribution in [-0.4, -0.2) is 37.6 Å². The Bertz CT molecular complexity index is 942. The van der Waals surface area contributed by atoms with Gasteiger partial charge in [-0.3, -0.25) is 9.59 Å². The lowest BCUT2D eigenvalue weighted by atomic mass is 10.0. The molecule has 3 rings (SSSR count). The third-order valence-corrected chi connectivity index (χ3v) is 5.29. The van der Waals surface area contributed by atoms with Gasteiger partial charge in [-0.1, -0.05) is 23.2 Å². The molecule has 6 nitrogen and oxygen atoms in total. The minimum Gasteiger partial charge on any atom is -0.484 e. The lowest BCUT2D eigenvalue weighted by Gasteiger charge is -2.25. The first-order valence-corrected chi connectivity index (χ1v) is 10.8. The van der Waals surface area contributed by atoms with E-state index in [-0.39, 0.29) is 29.2 Å². The molecule has 1 atom stereocenters. The van der Waals surface area contributed by atoms with Crippen LogP contribution in [-0.2, 0) is 16.0 Å². The van der Waals surface area contributed by atoms with Crippen molar-refractivity contribution in [3.05, 3.63) is 57.8 Å². The molecule has 0 unspecified atom stereocenters. The molecule has 9 heteroatoms. The van der Waals surface area contributed by atoms with Crippen LogP contribution < -0.4 is 20.1 Å². The van der Waals surface area contributed by atoms with Gasteiger partial charge in [0.1, 0.15) is 17.3 Å². The van der Waals surface area contributed by atoms with Crippen LogP contribution in [0.2, 0.25) is 10.0 Å². The fraction of sp³-hybridized carbons (Fsp3) is 0.364. The molecule has 0 saturated heterocycles. The number of rotatable bonds is 9. The Balaban J connectivity index is 1.26. The zero-order valence-corrected chi connectivity index (χ0v) is 18.3. The molecule has 31 heavy (non-hydrogen) atoms. The predicted octanol–water partition coefficient (Wildman–Crippen LogP) is 3.92. The van der Waals surface area contributed by atoms with Crippen LogP contribution in [0.1, 0.15) is 24.8 Å². The quantitative estimate of drug-likeness (QED) is 0.546. The maximum Gasteiger partial charge on any atom is 0.261 e. The average molecular weight is 469 g/mol. The van der Waals surface area contributed by atoms with Crippen LogP contribution >= 0.6 is 23.2 Å². The highest BCUT2D eigenvalue weighted by atomic mass is 35.5. The van der Waals surface area contributed by atoms with Crippen LogP contribution in [0, 0.1) is 5.82 Å². The molecule has 166 valence electrons. The molecular weight excluding hydrogens is 446 g/mol. The van der Waals surface area contributed by atoms with E-state index >= 15 is 0 Å². The maximum absolute atomic E-state index is 13.3. The van der Waals surface area contributed by atoms with Gasteiger partial charge in [0.2, 0.25) is 0 Å². The van der Waals surface area contributed by atoms with Gasteiger partial charge in [0.25, 0.3) is 11.8 Å². The Labute approximate surface area is 190 Å². The van der Waals surface area contributed by atoms with E-state index in [2.05, 4.69) is 10.6 Å². The van der Waals surface area contributed by atoms with Crippen molar-refractivity contribution in [2.24, 2.45) is 0 Å². The minimum absolute atomic E-state index is 0.00586. The number of nitrogens with one attached hydrogen (secondary N) is 2. The Morgan fingerprint density at radius 3 is 2.65 bits per heavy atom. The van der Waals surface area contributed by atoms with E-state index in [1.807, 2.05) is 6.07 Å². The number of hydrogen-bond donors (Lipinski definition) is 2. The zero-order chi connectivity index (χ0) is 22.2. The predicted molar refractivity (Wildman–Crippen MR) is 116 cm³/mol. The summed E-state index contributed by atoms with van der Waals surface area (Å²) in [6.07, 6.45) is 2.23. The molecule has 2 amide bonds. The van der Waals surface area contributed by atoms with Crippen LogP contribution in [0.4, 0.5) is 4.39 Å². The SMILES string of the molecule is O=C(COc1ccc(Cl)c(F)c1)NCCCCNC(=O)[C@H]1CCc2cc(Cl)ccc2O1. The van der Waals surface area contributed by atoms with Crippen molar-refractivity contribution >= 4 is 35.0 Å². The van der Waals surface area contributed by atoms with Gasteiger partial charge < -0.3 is 20.1 Å². The summed E-state index contributed by atoms with van der Waals surface area (Å²) < 4.78 is 24.3. The van der Waals surface area contributed by atoms with E-state index in [9.17, 15) is 14.0 Å². The first-order valence-electron chi connectivity index (χ1n) is 10.00. The van der Waals surface area contributed by atoms with Gasteiger partial charge in [-0.15, -0.1) is 0 Å². The topological polar surface area (TPSA) is 76.7 Å². The van der Waals surface area contributed by atoms with Crippen molar-refractivity contribution in [1.82, 2.24) is 10.6 Å². The summed E-state index contributed by atoms with van der Waals surface area (Å²) in [4.78, 5) is 24.1. The molecule has 0 bridgehead atoms.